The Labute approximate surface area is 138 Å². The van der Waals surface area contributed by atoms with Crippen LogP contribution >= 0.6 is 15.9 Å². The first-order chi connectivity index (χ1) is 10.4. The fourth-order valence-electron chi connectivity index (χ4n) is 1.52. The Hall–Kier alpha value is -2.28. The van der Waals surface area contributed by atoms with Crippen molar-refractivity contribution in [1.29, 1.82) is 0 Å². The summed E-state index contributed by atoms with van der Waals surface area (Å²) in [5.74, 6) is 1.96. The van der Waals surface area contributed by atoms with Crippen molar-refractivity contribution in [1.82, 2.24) is 9.97 Å². The van der Waals surface area contributed by atoms with E-state index in [4.69, 9.17) is 20.9 Å². The van der Waals surface area contributed by atoms with Crippen LogP contribution in [0, 0.1) is 0 Å². The maximum Gasteiger partial charge on any atom is 0.229 e. The largest absolute Gasteiger partial charge is 0.481 e. The van der Waals surface area contributed by atoms with Crippen LogP contribution in [0.15, 0.2) is 35.3 Å². The number of rotatable bonds is 3. The molecule has 0 saturated carbocycles. The molecule has 0 atom stereocenters. The van der Waals surface area contributed by atoms with Crippen LogP contribution in [-0.2, 0) is 0 Å². The van der Waals surface area contributed by atoms with Gasteiger partial charge >= 0.3 is 0 Å². The lowest BCUT2D eigenvalue weighted by molar-refractivity contribution is 0.396. The number of halogens is 1. The molecule has 2 aromatic heterocycles. The minimum Gasteiger partial charge on any atom is -0.481 e. The molecule has 6 nitrogen and oxygen atoms in total. The van der Waals surface area contributed by atoms with Gasteiger partial charge in [-0.05, 0) is 52.7 Å². The van der Waals surface area contributed by atoms with Gasteiger partial charge in [0.1, 0.15) is 11.6 Å². The van der Waals surface area contributed by atoms with E-state index in [-0.39, 0.29) is 0 Å². The molecule has 0 saturated heterocycles. The first-order valence-corrected chi connectivity index (χ1v) is 7.10. The monoisotopic (exact) mass is 366 g/mol. The summed E-state index contributed by atoms with van der Waals surface area (Å²) in [6, 6.07) is 7.07. The molecule has 0 aliphatic carbocycles. The fraction of sp³-hybridized carbons (Fsp3) is 0.200. The first kappa shape index (κ1) is 17.8. The van der Waals surface area contributed by atoms with Crippen LogP contribution in [0.3, 0.4) is 0 Å². The summed E-state index contributed by atoms with van der Waals surface area (Å²) in [6.07, 6.45) is 0. The highest BCUT2D eigenvalue weighted by Crippen LogP contribution is 2.23. The molecule has 0 spiro atoms. The Morgan fingerprint density at radius 2 is 1.50 bits per heavy atom. The van der Waals surface area contributed by atoms with Crippen LogP contribution in [-0.4, -0.2) is 24.2 Å². The Morgan fingerprint density at radius 3 is 1.95 bits per heavy atom. The number of nitrogens with zero attached hydrogens (tertiary/aromatic N) is 2. The van der Waals surface area contributed by atoms with Crippen molar-refractivity contribution in [3.8, 4) is 11.8 Å². The van der Waals surface area contributed by atoms with Crippen molar-refractivity contribution in [3.05, 3.63) is 40.9 Å². The van der Waals surface area contributed by atoms with Crippen LogP contribution < -0.4 is 20.9 Å². The number of methoxy groups -OCH3 is 2. The molecule has 0 fully saturated rings. The van der Waals surface area contributed by atoms with Gasteiger partial charge in [-0.1, -0.05) is 6.58 Å². The maximum atomic E-state index is 5.48. The molecule has 0 aliphatic heterocycles. The molecule has 2 heterocycles. The molecule has 22 heavy (non-hydrogen) atoms. The number of anilines is 2. The van der Waals surface area contributed by atoms with Crippen molar-refractivity contribution in [3.63, 3.8) is 0 Å². The van der Waals surface area contributed by atoms with Crippen LogP contribution in [0.1, 0.15) is 12.5 Å². The maximum absolute atomic E-state index is 5.48. The van der Waals surface area contributed by atoms with E-state index in [2.05, 4.69) is 32.5 Å². The molecular formula is C15H19BrN4O2. The third-order valence-electron chi connectivity index (χ3n) is 2.56. The van der Waals surface area contributed by atoms with E-state index >= 15 is 0 Å². The lowest BCUT2D eigenvalue weighted by atomic mass is 10.1. The summed E-state index contributed by atoms with van der Waals surface area (Å²) in [7, 11) is 3.11. The number of aromatic nitrogens is 2. The predicted molar refractivity (Wildman–Crippen MR) is 92.8 cm³/mol. The van der Waals surface area contributed by atoms with Gasteiger partial charge in [-0.2, -0.15) is 9.97 Å². The van der Waals surface area contributed by atoms with Gasteiger partial charge in [0.25, 0.3) is 0 Å². The van der Waals surface area contributed by atoms with Crippen LogP contribution in [0.4, 0.5) is 11.6 Å². The number of hydrogen-bond acceptors (Lipinski definition) is 6. The van der Waals surface area contributed by atoms with Crippen molar-refractivity contribution < 1.29 is 9.47 Å². The van der Waals surface area contributed by atoms with E-state index in [0.29, 0.717) is 23.4 Å². The third kappa shape index (κ3) is 4.92. The number of nitrogen functional groups attached to an aromatic ring is 2. The van der Waals surface area contributed by atoms with Gasteiger partial charge in [0, 0.05) is 5.56 Å². The average Bonchev–Trinajstić information content (AvgIpc) is 2.49. The number of ether oxygens (including phenoxy) is 2. The molecule has 0 amide bonds. The van der Waals surface area contributed by atoms with E-state index in [0.717, 1.165) is 15.6 Å². The number of nitrogens with two attached hydrogens (primary N) is 2. The highest BCUT2D eigenvalue weighted by molar-refractivity contribution is 9.10. The van der Waals surface area contributed by atoms with Crippen molar-refractivity contribution in [2.45, 2.75) is 6.92 Å². The van der Waals surface area contributed by atoms with Gasteiger partial charge in [-0.25, -0.2) is 0 Å². The standard InChI is InChI=1S/C9H12N2O.C6H7BrN2O/c1-6(2)7-4-5-8(10)11-9(7)12-3;1-10-6-4(7)2-3-5(8)9-6/h4-5H,1H2,2-3H3,(H2,10,11);2-3H,1H3,(H2,8,9). The molecule has 2 aromatic rings. The minimum atomic E-state index is 0.455. The molecule has 0 aromatic carbocycles. The van der Waals surface area contributed by atoms with E-state index in [1.54, 1.807) is 32.4 Å². The normalized spacial score (nSPS) is 9.45. The predicted octanol–water partition coefficient (Wildman–Crippen LogP) is 3.14. The topological polar surface area (TPSA) is 96.3 Å². The molecule has 0 unspecified atom stereocenters. The molecular weight excluding hydrogens is 348 g/mol. The van der Waals surface area contributed by atoms with Crippen LogP contribution in [0.25, 0.3) is 5.57 Å². The first-order valence-electron chi connectivity index (χ1n) is 6.31. The second kappa shape index (κ2) is 8.23. The summed E-state index contributed by atoms with van der Waals surface area (Å²) in [5, 5.41) is 0. The van der Waals surface area contributed by atoms with Gasteiger partial charge < -0.3 is 20.9 Å². The van der Waals surface area contributed by atoms with Gasteiger partial charge in [0.2, 0.25) is 11.8 Å². The second-order valence-corrected chi connectivity index (χ2v) is 5.15. The lowest BCUT2D eigenvalue weighted by Crippen LogP contribution is -1.96. The van der Waals surface area contributed by atoms with Gasteiger partial charge in [0.05, 0.1) is 18.7 Å². The van der Waals surface area contributed by atoms with E-state index in [9.17, 15) is 0 Å². The number of pyridine rings is 2. The van der Waals surface area contributed by atoms with Gasteiger partial charge in [0.15, 0.2) is 0 Å². The Bertz CT molecular complexity index is 662. The zero-order valence-corrected chi connectivity index (χ0v) is 14.3. The highest BCUT2D eigenvalue weighted by atomic mass is 79.9. The SMILES string of the molecule is C=C(C)c1ccc(N)nc1OC.COc1nc(N)ccc1Br. The average molecular weight is 367 g/mol. The third-order valence-corrected chi connectivity index (χ3v) is 3.17. The molecule has 4 N–H and O–H groups in total. The summed E-state index contributed by atoms with van der Waals surface area (Å²) in [6.45, 7) is 5.70. The van der Waals surface area contributed by atoms with E-state index in [1.165, 1.54) is 0 Å². The molecule has 0 aliphatic rings. The smallest absolute Gasteiger partial charge is 0.229 e. The summed E-state index contributed by atoms with van der Waals surface area (Å²) < 4.78 is 10.7. The zero-order valence-electron chi connectivity index (χ0n) is 12.8. The number of allylic oxidation sites excluding steroid dienone is 1. The van der Waals surface area contributed by atoms with Crippen LogP contribution in [0.2, 0.25) is 0 Å². The summed E-state index contributed by atoms with van der Waals surface area (Å²) in [5.41, 5.74) is 12.7. The van der Waals surface area contributed by atoms with Crippen molar-refractivity contribution >= 4 is 33.1 Å². The fourth-order valence-corrected chi connectivity index (χ4v) is 1.90. The highest BCUT2D eigenvalue weighted by Gasteiger charge is 2.04. The number of hydrogen-bond donors (Lipinski definition) is 2. The van der Waals surface area contributed by atoms with Crippen LogP contribution in [0.5, 0.6) is 11.8 Å². The second-order valence-electron chi connectivity index (χ2n) is 4.30. The van der Waals surface area contributed by atoms with E-state index < -0.39 is 0 Å². The summed E-state index contributed by atoms with van der Waals surface area (Å²) >= 11 is 3.25. The van der Waals surface area contributed by atoms with Crippen molar-refractivity contribution in [2.24, 2.45) is 0 Å². The van der Waals surface area contributed by atoms with Gasteiger partial charge in [-0.15, -0.1) is 0 Å². The molecule has 0 radical (unpaired) electrons. The lowest BCUT2D eigenvalue weighted by Gasteiger charge is -2.06. The Morgan fingerprint density at radius 1 is 1.00 bits per heavy atom. The Kier molecular flexibility index (Phi) is 6.65. The molecule has 118 valence electrons. The molecule has 7 heteroatoms. The van der Waals surface area contributed by atoms with Gasteiger partial charge in [-0.3, -0.25) is 0 Å². The summed E-state index contributed by atoms with van der Waals surface area (Å²) in [4.78, 5) is 7.91. The van der Waals surface area contributed by atoms with Crippen molar-refractivity contribution in [2.75, 3.05) is 25.7 Å². The molecule has 2 rings (SSSR count). The quantitative estimate of drug-likeness (QED) is 0.865. The minimum absolute atomic E-state index is 0.455. The van der Waals surface area contributed by atoms with E-state index in [1.807, 2.05) is 13.0 Å². The molecule has 0 bridgehead atoms. The zero-order chi connectivity index (χ0) is 16.7. The Balaban J connectivity index is 0.000000224.